The molecule has 3 rings (SSSR count). The van der Waals surface area contributed by atoms with E-state index in [0.717, 1.165) is 28.7 Å². The quantitative estimate of drug-likeness (QED) is 0.774. The highest BCUT2D eigenvalue weighted by molar-refractivity contribution is 9.10. The van der Waals surface area contributed by atoms with Gasteiger partial charge in [-0.15, -0.1) is 0 Å². The standard InChI is InChI=1S/C17H23BrN2O/c1-12-6-7-16(18)15(9-12)17(21)20-11-14-5-3-4-8-19(14)10-13(20)2/h6-7,9,13-14H,3-5,8,10-11H2,1-2H3. The van der Waals surface area contributed by atoms with E-state index in [4.69, 9.17) is 0 Å². The summed E-state index contributed by atoms with van der Waals surface area (Å²) in [5, 5.41) is 0. The van der Waals surface area contributed by atoms with E-state index in [1.54, 1.807) is 0 Å². The lowest BCUT2D eigenvalue weighted by atomic mass is 9.96. The van der Waals surface area contributed by atoms with Crippen molar-refractivity contribution in [2.75, 3.05) is 19.6 Å². The summed E-state index contributed by atoms with van der Waals surface area (Å²) in [4.78, 5) is 17.6. The molecule has 21 heavy (non-hydrogen) atoms. The van der Waals surface area contributed by atoms with Crippen LogP contribution >= 0.6 is 15.9 Å². The van der Waals surface area contributed by atoms with Crippen LogP contribution in [-0.4, -0.2) is 47.4 Å². The van der Waals surface area contributed by atoms with Crippen LogP contribution in [0.5, 0.6) is 0 Å². The summed E-state index contributed by atoms with van der Waals surface area (Å²) < 4.78 is 0.899. The number of carbonyl (C=O) groups is 1. The van der Waals surface area contributed by atoms with E-state index in [-0.39, 0.29) is 5.91 Å². The monoisotopic (exact) mass is 350 g/mol. The number of rotatable bonds is 1. The van der Waals surface area contributed by atoms with E-state index in [9.17, 15) is 4.79 Å². The molecular formula is C17H23BrN2O. The van der Waals surface area contributed by atoms with Crippen LogP contribution in [0.1, 0.15) is 42.1 Å². The molecule has 2 unspecified atom stereocenters. The van der Waals surface area contributed by atoms with Crippen molar-refractivity contribution in [1.82, 2.24) is 9.80 Å². The number of benzene rings is 1. The first kappa shape index (κ1) is 15.0. The molecule has 1 aromatic rings. The van der Waals surface area contributed by atoms with Crippen LogP contribution in [-0.2, 0) is 0 Å². The fourth-order valence-electron chi connectivity index (χ4n) is 3.59. The van der Waals surface area contributed by atoms with E-state index < -0.39 is 0 Å². The van der Waals surface area contributed by atoms with Crippen molar-refractivity contribution >= 4 is 21.8 Å². The Balaban J connectivity index is 1.82. The Morgan fingerprint density at radius 2 is 2.10 bits per heavy atom. The van der Waals surface area contributed by atoms with Crippen LogP contribution in [0.3, 0.4) is 0 Å². The van der Waals surface area contributed by atoms with Gasteiger partial charge in [0.25, 0.3) is 5.91 Å². The molecule has 0 saturated carbocycles. The van der Waals surface area contributed by atoms with Crippen molar-refractivity contribution in [3.8, 4) is 0 Å². The zero-order valence-corrected chi connectivity index (χ0v) is 14.4. The number of fused-ring (bicyclic) bond motifs is 1. The molecule has 0 bridgehead atoms. The molecule has 0 N–H and O–H groups in total. The van der Waals surface area contributed by atoms with Gasteiger partial charge in [0.15, 0.2) is 0 Å². The lowest BCUT2D eigenvalue weighted by Gasteiger charge is -2.47. The molecule has 1 amide bonds. The lowest BCUT2D eigenvalue weighted by Crippen LogP contribution is -2.60. The van der Waals surface area contributed by atoms with Gasteiger partial charge in [-0.25, -0.2) is 0 Å². The van der Waals surface area contributed by atoms with Crippen LogP contribution in [0, 0.1) is 6.92 Å². The predicted octanol–water partition coefficient (Wildman–Crippen LogP) is 3.46. The smallest absolute Gasteiger partial charge is 0.255 e. The summed E-state index contributed by atoms with van der Waals surface area (Å²) in [6, 6.07) is 6.85. The predicted molar refractivity (Wildman–Crippen MR) is 88.6 cm³/mol. The summed E-state index contributed by atoms with van der Waals surface area (Å²) in [6.07, 6.45) is 3.83. The fraction of sp³-hybridized carbons (Fsp3) is 0.588. The SMILES string of the molecule is Cc1ccc(Br)c(C(=O)N2CC3CCCCN3CC2C)c1. The molecule has 114 valence electrons. The number of halogens is 1. The van der Waals surface area contributed by atoms with Gasteiger partial charge in [-0.1, -0.05) is 18.1 Å². The minimum Gasteiger partial charge on any atom is -0.333 e. The fourth-order valence-corrected chi connectivity index (χ4v) is 4.01. The van der Waals surface area contributed by atoms with E-state index in [1.165, 1.54) is 25.8 Å². The Morgan fingerprint density at radius 1 is 1.29 bits per heavy atom. The zero-order valence-electron chi connectivity index (χ0n) is 12.8. The van der Waals surface area contributed by atoms with Crippen molar-refractivity contribution in [1.29, 1.82) is 0 Å². The number of aryl methyl sites for hydroxylation is 1. The molecule has 2 aliphatic heterocycles. The third kappa shape index (κ3) is 3.02. The van der Waals surface area contributed by atoms with Crippen molar-refractivity contribution < 1.29 is 4.79 Å². The number of hydrogen-bond acceptors (Lipinski definition) is 2. The molecule has 2 saturated heterocycles. The van der Waals surface area contributed by atoms with E-state index in [2.05, 4.69) is 32.7 Å². The van der Waals surface area contributed by atoms with Gasteiger partial charge >= 0.3 is 0 Å². The highest BCUT2D eigenvalue weighted by Crippen LogP contribution is 2.27. The zero-order chi connectivity index (χ0) is 15.0. The second-order valence-electron chi connectivity index (χ2n) is 6.43. The van der Waals surface area contributed by atoms with Crippen LogP contribution in [0.15, 0.2) is 22.7 Å². The Labute approximate surface area is 135 Å². The van der Waals surface area contributed by atoms with Gasteiger partial charge in [0.2, 0.25) is 0 Å². The molecule has 2 atom stereocenters. The minimum absolute atomic E-state index is 0.170. The molecule has 3 nitrogen and oxygen atoms in total. The molecule has 2 aliphatic rings. The summed E-state index contributed by atoms with van der Waals surface area (Å²) >= 11 is 3.53. The van der Waals surface area contributed by atoms with Crippen molar-refractivity contribution in [2.24, 2.45) is 0 Å². The van der Waals surface area contributed by atoms with Crippen molar-refractivity contribution in [3.63, 3.8) is 0 Å². The van der Waals surface area contributed by atoms with E-state index in [0.29, 0.717) is 12.1 Å². The Hall–Kier alpha value is -0.870. The Morgan fingerprint density at radius 3 is 2.90 bits per heavy atom. The minimum atomic E-state index is 0.170. The third-order valence-electron chi connectivity index (χ3n) is 4.80. The van der Waals surface area contributed by atoms with Crippen LogP contribution in [0.4, 0.5) is 0 Å². The molecule has 0 aromatic heterocycles. The van der Waals surface area contributed by atoms with Crippen molar-refractivity contribution in [3.05, 3.63) is 33.8 Å². The third-order valence-corrected chi connectivity index (χ3v) is 5.49. The molecule has 2 fully saturated rings. The van der Waals surface area contributed by atoms with Gasteiger partial charge < -0.3 is 4.90 Å². The van der Waals surface area contributed by atoms with E-state index in [1.807, 2.05) is 25.1 Å². The van der Waals surface area contributed by atoms with Gasteiger partial charge in [0, 0.05) is 29.6 Å². The molecule has 2 heterocycles. The number of piperazine rings is 1. The first-order chi connectivity index (χ1) is 10.1. The average Bonchev–Trinajstić information content (AvgIpc) is 2.48. The van der Waals surface area contributed by atoms with Crippen LogP contribution in [0.25, 0.3) is 0 Å². The van der Waals surface area contributed by atoms with Gasteiger partial charge in [-0.05, 0) is 61.3 Å². The first-order valence-electron chi connectivity index (χ1n) is 7.87. The summed E-state index contributed by atoms with van der Waals surface area (Å²) in [5.74, 6) is 0.170. The number of piperidine rings is 1. The molecule has 0 aliphatic carbocycles. The molecule has 1 aromatic carbocycles. The summed E-state index contributed by atoms with van der Waals surface area (Å²) in [5.41, 5.74) is 1.93. The average molecular weight is 351 g/mol. The maximum atomic E-state index is 12.9. The number of carbonyl (C=O) groups excluding carboxylic acids is 1. The highest BCUT2D eigenvalue weighted by Gasteiger charge is 2.35. The van der Waals surface area contributed by atoms with Gasteiger partial charge in [-0.2, -0.15) is 0 Å². The first-order valence-corrected chi connectivity index (χ1v) is 8.66. The van der Waals surface area contributed by atoms with Gasteiger partial charge in [0.05, 0.1) is 5.56 Å². The molecule has 0 spiro atoms. The van der Waals surface area contributed by atoms with Crippen LogP contribution < -0.4 is 0 Å². The Bertz CT molecular complexity index is 546. The second kappa shape index (κ2) is 6.09. The topological polar surface area (TPSA) is 23.6 Å². The second-order valence-corrected chi connectivity index (χ2v) is 7.29. The van der Waals surface area contributed by atoms with E-state index >= 15 is 0 Å². The van der Waals surface area contributed by atoms with Gasteiger partial charge in [0.1, 0.15) is 0 Å². The van der Waals surface area contributed by atoms with Crippen LogP contribution in [0.2, 0.25) is 0 Å². The van der Waals surface area contributed by atoms with Crippen molar-refractivity contribution in [2.45, 2.75) is 45.2 Å². The Kier molecular flexibility index (Phi) is 4.36. The maximum Gasteiger partial charge on any atom is 0.255 e. The largest absolute Gasteiger partial charge is 0.333 e. The lowest BCUT2D eigenvalue weighted by molar-refractivity contribution is 0.0151. The summed E-state index contributed by atoms with van der Waals surface area (Å²) in [6.45, 7) is 7.30. The molecule has 0 radical (unpaired) electrons. The normalized spacial score (nSPS) is 26.5. The molecule has 4 heteroatoms. The summed E-state index contributed by atoms with van der Waals surface area (Å²) in [7, 11) is 0. The highest BCUT2D eigenvalue weighted by atomic mass is 79.9. The molecular weight excluding hydrogens is 328 g/mol. The number of hydrogen-bond donors (Lipinski definition) is 0. The van der Waals surface area contributed by atoms with Gasteiger partial charge in [-0.3, -0.25) is 9.69 Å². The maximum absolute atomic E-state index is 12.9. The number of nitrogens with zero attached hydrogens (tertiary/aromatic N) is 2. The number of amides is 1.